The van der Waals surface area contributed by atoms with Crippen molar-refractivity contribution < 1.29 is 14.3 Å². The number of anilines is 1. The Morgan fingerprint density at radius 3 is 2.56 bits per heavy atom. The van der Waals surface area contributed by atoms with Gasteiger partial charge in [-0.1, -0.05) is 32.0 Å². The van der Waals surface area contributed by atoms with Crippen molar-refractivity contribution in [2.75, 3.05) is 24.6 Å². The molecule has 0 radical (unpaired) electrons. The predicted octanol–water partition coefficient (Wildman–Crippen LogP) is 3.75. The molecule has 0 unspecified atom stereocenters. The van der Waals surface area contributed by atoms with E-state index in [1.807, 2.05) is 30.3 Å². The van der Waals surface area contributed by atoms with Gasteiger partial charge in [-0.2, -0.15) is 0 Å². The molecule has 5 heteroatoms. The summed E-state index contributed by atoms with van der Waals surface area (Å²) in [6, 6.07) is 15.1. The molecule has 0 bridgehead atoms. The number of benzene rings is 2. The summed E-state index contributed by atoms with van der Waals surface area (Å²) >= 11 is 0. The van der Waals surface area contributed by atoms with Crippen molar-refractivity contribution in [3.63, 3.8) is 0 Å². The molecule has 0 aliphatic carbocycles. The van der Waals surface area contributed by atoms with Gasteiger partial charge in [0.2, 0.25) is 5.91 Å². The maximum Gasteiger partial charge on any atom is 0.251 e. The van der Waals surface area contributed by atoms with E-state index in [2.05, 4.69) is 25.2 Å². The van der Waals surface area contributed by atoms with E-state index in [-0.39, 0.29) is 11.8 Å². The first kappa shape index (κ1) is 19.0. The average Bonchev–Trinajstić information content (AvgIpc) is 3.11. The van der Waals surface area contributed by atoms with E-state index in [1.54, 1.807) is 17.0 Å². The Hall–Kier alpha value is -2.82. The third kappa shape index (κ3) is 4.67. The van der Waals surface area contributed by atoms with Gasteiger partial charge in [0.1, 0.15) is 12.4 Å². The SMILES string of the molecule is CC(C)c1ccccc1OCCNC(=O)c1ccc(N2CCCC2=O)cc1. The monoisotopic (exact) mass is 366 g/mol. The second kappa shape index (κ2) is 8.71. The van der Waals surface area contributed by atoms with Crippen molar-refractivity contribution in [3.05, 3.63) is 59.7 Å². The molecule has 0 saturated carbocycles. The topological polar surface area (TPSA) is 58.6 Å². The summed E-state index contributed by atoms with van der Waals surface area (Å²) in [7, 11) is 0. The fraction of sp³-hybridized carbons (Fsp3) is 0.364. The minimum Gasteiger partial charge on any atom is -0.491 e. The molecule has 2 aromatic carbocycles. The Labute approximate surface area is 160 Å². The van der Waals surface area contributed by atoms with Gasteiger partial charge in [-0.05, 0) is 48.2 Å². The van der Waals surface area contributed by atoms with Crippen molar-refractivity contribution in [1.82, 2.24) is 5.32 Å². The third-order valence-electron chi connectivity index (χ3n) is 4.70. The third-order valence-corrected chi connectivity index (χ3v) is 4.70. The van der Waals surface area contributed by atoms with Gasteiger partial charge in [-0.3, -0.25) is 9.59 Å². The number of rotatable bonds is 7. The van der Waals surface area contributed by atoms with Crippen LogP contribution < -0.4 is 15.0 Å². The molecule has 1 N–H and O–H groups in total. The first-order chi connectivity index (χ1) is 13.1. The zero-order valence-corrected chi connectivity index (χ0v) is 15.9. The number of nitrogens with one attached hydrogen (secondary N) is 1. The molecule has 3 rings (SSSR count). The molecule has 1 fully saturated rings. The number of para-hydroxylation sites is 1. The molecule has 142 valence electrons. The number of hydrogen-bond donors (Lipinski definition) is 1. The van der Waals surface area contributed by atoms with Crippen LogP contribution in [-0.4, -0.2) is 31.5 Å². The molecule has 2 amide bonds. The van der Waals surface area contributed by atoms with Crippen molar-refractivity contribution in [1.29, 1.82) is 0 Å². The van der Waals surface area contributed by atoms with E-state index in [1.165, 1.54) is 0 Å². The summed E-state index contributed by atoms with van der Waals surface area (Å²) in [5, 5.41) is 2.87. The average molecular weight is 366 g/mol. The zero-order valence-electron chi connectivity index (χ0n) is 15.9. The van der Waals surface area contributed by atoms with Crippen LogP contribution in [0.25, 0.3) is 0 Å². The quantitative estimate of drug-likeness (QED) is 0.760. The Morgan fingerprint density at radius 1 is 1.15 bits per heavy atom. The van der Waals surface area contributed by atoms with Crippen LogP contribution in [0.4, 0.5) is 5.69 Å². The fourth-order valence-electron chi connectivity index (χ4n) is 3.23. The Morgan fingerprint density at radius 2 is 1.89 bits per heavy atom. The van der Waals surface area contributed by atoms with Crippen LogP contribution in [0.2, 0.25) is 0 Å². The van der Waals surface area contributed by atoms with Crippen molar-refractivity contribution in [2.24, 2.45) is 0 Å². The summed E-state index contributed by atoms with van der Waals surface area (Å²) in [4.78, 5) is 25.8. The number of amides is 2. The van der Waals surface area contributed by atoms with E-state index in [0.717, 1.165) is 30.0 Å². The number of ether oxygens (including phenoxy) is 1. The normalized spacial score (nSPS) is 13.9. The first-order valence-corrected chi connectivity index (χ1v) is 9.46. The van der Waals surface area contributed by atoms with Crippen LogP contribution in [-0.2, 0) is 4.79 Å². The standard InChI is InChI=1S/C22H26N2O3/c1-16(2)19-6-3-4-7-20(19)27-15-13-23-22(26)17-9-11-18(12-10-17)24-14-5-8-21(24)25/h3-4,6-7,9-12,16H,5,8,13-15H2,1-2H3,(H,23,26). The summed E-state index contributed by atoms with van der Waals surface area (Å²) in [6.07, 6.45) is 1.49. The smallest absolute Gasteiger partial charge is 0.251 e. The van der Waals surface area contributed by atoms with Gasteiger partial charge in [0.05, 0.1) is 6.54 Å². The lowest BCUT2D eigenvalue weighted by Gasteiger charge is -2.16. The first-order valence-electron chi connectivity index (χ1n) is 9.46. The molecular formula is C22H26N2O3. The molecule has 27 heavy (non-hydrogen) atoms. The predicted molar refractivity (Wildman–Crippen MR) is 106 cm³/mol. The molecule has 5 nitrogen and oxygen atoms in total. The number of hydrogen-bond acceptors (Lipinski definition) is 3. The van der Waals surface area contributed by atoms with Crippen molar-refractivity contribution in [2.45, 2.75) is 32.6 Å². The van der Waals surface area contributed by atoms with Crippen LogP contribution in [0.1, 0.15) is 48.5 Å². The van der Waals surface area contributed by atoms with Gasteiger partial charge in [-0.15, -0.1) is 0 Å². The van der Waals surface area contributed by atoms with Crippen LogP contribution >= 0.6 is 0 Å². The molecule has 0 atom stereocenters. The van der Waals surface area contributed by atoms with E-state index in [4.69, 9.17) is 4.74 Å². The summed E-state index contributed by atoms with van der Waals surface area (Å²) in [6.45, 7) is 5.85. The highest BCUT2D eigenvalue weighted by Crippen LogP contribution is 2.25. The van der Waals surface area contributed by atoms with Crippen LogP contribution in [0, 0.1) is 0 Å². The highest BCUT2D eigenvalue weighted by atomic mass is 16.5. The molecule has 0 aromatic heterocycles. The van der Waals surface area contributed by atoms with Gasteiger partial charge >= 0.3 is 0 Å². The molecule has 1 aliphatic heterocycles. The highest BCUT2D eigenvalue weighted by molar-refractivity contribution is 5.97. The number of nitrogens with zero attached hydrogens (tertiary/aromatic N) is 1. The lowest BCUT2D eigenvalue weighted by Crippen LogP contribution is -2.28. The van der Waals surface area contributed by atoms with Crippen LogP contribution in [0.3, 0.4) is 0 Å². The number of carbonyl (C=O) groups excluding carboxylic acids is 2. The van der Waals surface area contributed by atoms with E-state index < -0.39 is 0 Å². The highest BCUT2D eigenvalue weighted by Gasteiger charge is 2.21. The second-order valence-electron chi connectivity index (χ2n) is 6.99. The molecule has 1 saturated heterocycles. The lowest BCUT2D eigenvalue weighted by molar-refractivity contribution is -0.117. The summed E-state index contributed by atoms with van der Waals surface area (Å²) in [5.41, 5.74) is 2.59. The van der Waals surface area contributed by atoms with Crippen LogP contribution in [0.15, 0.2) is 48.5 Å². The van der Waals surface area contributed by atoms with Crippen molar-refractivity contribution >= 4 is 17.5 Å². The van der Waals surface area contributed by atoms with Gasteiger partial charge in [0.25, 0.3) is 5.91 Å². The minimum atomic E-state index is -0.143. The molecular weight excluding hydrogens is 340 g/mol. The Kier molecular flexibility index (Phi) is 6.12. The largest absolute Gasteiger partial charge is 0.491 e. The molecule has 1 aliphatic rings. The minimum absolute atomic E-state index is 0.143. The van der Waals surface area contributed by atoms with Crippen LogP contribution in [0.5, 0.6) is 5.75 Å². The van der Waals surface area contributed by atoms with Gasteiger partial charge in [0, 0.05) is 24.2 Å². The lowest BCUT2D eigenvalue weighted by atomic mass is 10.0. The summed E-state index contributed by atoms with van der Waals surface area (Å²) in [5.74, 6) is 1.25. The molecule has 0 spiro atoms. The molecule has 2 aromatic rings. The second-order valence-corrected chi connectivity index (χ2v) is 6.99. The van der Waals surface area contributed by atoms with E-state index in [0.29, 0.717) is 31.1 Å². The Bertz CT molecular complexity index is 799. The van der Waals surface area contributed by atoms with Gasteiger partial charge in [0.15, 0.2) is 0 Å². The fourth-order valence-corrected chi connectivity index (χ4v) is 3.23. The van der Waals surface area contributed by atoms with Gasteiger partial charge in [-0.25, -0.2) is 0 Å². The van der Waals surface area contributed by atoms with E-state index >= 15 is 0 Å². The Balaban J connectivity index is 1.49. The molecule has 1 heterocycles. The van der Waals surface area contributed by atoms with E-state index in [9.17, 15) is 9.59 Å². The zero-order chi connectivity index (χ0) is 19.2. The number of carbonyl (C=O) groups is 2. The summed E-state index contributed by atoms with van der Waals surface area (Å²) < 4.78 is 5.82. The van der Waals surface area contributed by atoms with Crippen molar-refractivity contribution in [3.8, 4) is 5.75 Å². The maximum atomic E-state index is 12.3. The van der Waals surface area contributed by atoms with Gasteiger partial charge < -0.3 is 15.0 Å². The maximum absolute atomic E-state index is 12.3.